The monoisotopic (exact) mass is 302 g/mol. The van der Waals surface area contributed by atoms with Crippen LogP contribution in [0.25, 0.3) is 0 Å². The molecule has 0 saturated carbocycles. The second kappa shape index (κ2) is 5.19. The number of aromatic nitrogens is 2. The van der Waals surface area contributed by atoms with Crippen molar-refractivity contribution in [3.63, 3.8) is 0 Å². The van der Waals surface area contributed by atoms with E-state index in [2.05, 4.69) is 9.97 Å². The van der Waals surface area contributed by atoms with Gasteiger partial charge in [0.05, 0.1) is 5.56 Å². The second-order valence-electron chi connectivity index (χ2n) is 3.62. The predicted octanol–water partition coefficient (Wildman–Crippen LogP) is 3.65. The fourth-order valence-corrected chi connectivity index (χ4v) is 1.76. The minimum Gasteiger partial charge on any atom is -0.288 e. The summed E-state index contributed by atoms with van der Waals surface area (Å²) in [5.74, 6) is -0.646. The molecule has 0 saturated heterocycles. The van der Waals surface area contributed by atoms with Gasteiger partial charge in [-0.05, 0) is 35.9 Å². The highest BCUT2D eigenvalue weighted by Gasteiger charge is 2.35. The summed E-state index contributed by atoms with van der Waals surface area (Å²) in [5.41, 5.74) is -0.963. The molecule has 0 spiro atoms. The zero-order chi connectivity index (χ0) is 14.0. The zero-order valence-corrected chi connectivity index (χ0v) is 10.8. The Morgan fingerprint density at radius 2 is 1.84 bits per heavy atom. The smallest absolute Gasteiger partial charge is 0.288 e. The van der Waals surface area contributed by atoms with Crippen LogP contribution in [0, 0.1) is 0 Å². The van der Waals surface area contributed by atoms with Gasteiger partial charge in [-0.25, -0.2) is 9.97 Å². The molecule has 1 aromatic heterocycles. The summed E-state index contributed by atoms with van der Waals surface area (Å²) in [6.45, 7) is 0. The van der Waals surface area contributed by atoms with Crippen molar-refractivity contribution in [2.45, 2.75) is 5.38 Å². The highest BCUT2D eigenvalue weighted by atomic mass is 35.5. The average Bonchev–Trinajstić information content (AvgIpc) is 2.38. The first-order chi connectivity index (χ1) is 8.89. The van der Waals surface area contributed by atoms with Crippen molar-refractivity contribution in [3.8, 4) is 0 Å². The lowest BCUT2D eigenvalue weighted by atomic mass is 10.0. The zero-order valence-electron chi connectivity index (χ0n) is 9.28. The maximum absolute atomic E-state index is 13.2. The molecule has 0 amide bonds. The molecule has 0 aliphatic carbocycles. The third kappa shape index (κ3) is 3.05. The third-order valence-electron chi connectivity index (χ3n) is 2.33. The van der Waals surface area contributed by atoms with Gasteiger partial charge in [0.15, 0.2) is 5.78 Å². The van der Waals surface area contributed by atoms with Crippen LogP contribution >= 0.6 is 23.2 Å². The summed E-state index contributed by atoms with van der Waals surface area (Å²) in [6, 6.07) is 5.82. The molecule has 2 aromatic rings. The van der Waals surface area contributed by atoms with Gasteiger partial charge in [-0.15, -0.1) is 0 Å². The number of carbonyl (C=O) groups excluding carboxylic acids is 1. The quantitative estimate of drug-likeness (QED) is 0.642. The minimum absolute atomic E-state index is 0.196. The summed E-state index contributed by atoms with van der Waals surface area (Å²) >= 11 is 10.6. The third-order valence-corrected chi connectivity index (χ3v) is 2.76. The van der Waals surface area contributed by atoms with Crippen LogP contribution in [-0.4, -0.2) is 15.8 Å². The fraction of sp³-hybridized carbons (Fsp3) is 0.0833. The van der Waals surface area contributed by atoms with Crippen LogP contribution in [0.4, 0.5) is 8.78 Å². The number of nitrogens with zero attached hydrogens (tertiary/aromatic N) is 2. The molecule has 0 bridgehead atoms. The molecule has 0 radical (unpaired) electrons. The Kier molecular flexibility index (Phi) is 3.78. The molecule has 2 rings (SSSR count). The van der Waals surface area contributed by atoms with Crippen molar-refractivity contribution in [1.29, 1.82) is 0 Å². The summed E-state index contributed by atoms with van der Waals surface area (Å²) < 4.78 is 26.3. The fourth-order valence-electron chi connectivity index (χ4n) is 1.48. The Bertz CT molecular complexity index is 612. The van der Waals surface area contributed by atoms with Crippen LogP contribution in [0.2, 0.25) is 5.02 Å². The van der Waals surface area contributed by atoms with Crippen LogP contribution in [-0.2, 0) is 5.38 Å². The highest BCUT2D eigenvalue weighted by Crippen LogP contribution is 2.33. The van der Waals surface area contributed by atoms with E-state index in [0.29, 0.717) is 5.02 Å². The molecule has 0 fully saturated rings. The normalized spacial score (nSPS) is 11.4. The van der Waals surface area contributed by atoms with Gasteiger partial charge in [0, 0.05) is 16.8 Å². The maximum Gasteiger partial charge on any atom is 0.365 e. The van der Waals surface area contributed by atoms with Crippen LogP contribution < -0.4 is 0 Å². The van der Waals surface area contributed by atoms with Crippen molar-refractivity contribution in [1.82, 2.24) is 9.97 Å². The summed E-state index contributed by atoms with van der Waals surface area (Å²) in [5, 5.41) is -3.30. The maximum atomic E-state index is 13.2. The molecule has 7 heteroatoms. The molecule has 0 unspecified atom stereocenters. The number of alkyl halides is 3. The highest BCUT2D eigenvalue weighted by molar-refractivity contribution is 6.30. The average molecular weight is 303 g/mol. The summed E-state index contributed by atoms with van der Waals surface area (Å²) in [6.07, 6.45) is 1.92. The number of hydrogen-bond acceptors (Lipinski definition) is 3. The first kappa shape index (κ1) is 13.8. The lowest BCUT2D eigenvalue weighted by molar-refractivity contribution is 0.0852. The van der Waals surface area contributed by atoms with Gasteiger partial charge in [0.25, 0.3) is 0 Å². The Morgan fingerprint density at radius 1 is 1.21 bits per heavy atom. The van der Waals surface area contributed by atoms with E-state index < -0.39 is 16.9 Å². The number of halogens is 4. The molecule has 3 nitrogen and oxygen atoms in total. The first-order valence-corrected chi connectivity index (χ1v) is 5.82. The molecular formula is C12H6Cl2F2N2O. The van der Waals surface area contributed by atoms with Crippen LogP contribution in [0.5, 0.6) is 0 Å². The summed E-state index contributed by atoms with van der Waals surface area (Å²) in [7, 11) is 0. The van der Waals surface area contributed by atoms with Gasteiger partial charge in [-0.2, -0.15) is 8.78 Å². The number of rotatable bonds is 3. The first-order valence-electron chi connectivity index (χ1n) is 5.07. The Labute approximate surface area is 117 Å². The standard InChI is InChI=1S/C12H6Cl2F2N2O/c13-8-3-1-7(2-4-8)10(19)9-5-17-6-18-11(9)12(14,15)16/h1-6H. The van der Waals surface area contributed by atoms with Gasteiger partial charge in [0.1, 0.15) is 12.0 Å². The Balaban J connectivity index is 2.48. The molecule has 19 heavy (non-hydrogen) atoms. The van der Waals surface area contributed by atoms with E-state index in [1.807, 2.05) is 0 Å². The van der Waals surface area contributed by atoms with Crippen molar-refractivity contribution in [2.75, 3.05) is 0 Å². The topological polar surface area (TPSA) is 42.9 Å². The van der Waals surface area contributed by atoms with Gasteiger partial charge < -0.3 is 0 Å². The lowest BCUT2D eigenvalue weighted by Crippen LogP contribution is -2.15. The van der Waals surface area contributed by atoms with Crippen molar-refractivity contribution in [2.24, 2.45) is 0 Å². The summed E-state index contributed by atoms with van der Waals surface area (Å²) in [4.78, 5) is 19.1. The molecule has 0 aliphatic heterocycles. The second-order valence-corrected chi connectivity index (χ2v) is 4.53. The SMILES string of the molecule is O=C(c1ccc(Cl)cc1)c1cncnc1C(F)(F)Cl. The van der Waals surface area contributed by atoms with Gasteiger partial charge in [0.2, 0.25) is 0 Å². The molecule has 1 heterocycles. The number of hydrogen-bond donors (Lipinski definition) is 0. The molecule has 0 aliphatic rings. The van der Waals surface area contributed by atoms with Crippen LogP contribution in [0.1, 0.15) is 21.6 Å². The van der Waals surface area contributed by atoms with Crippen molar-refractivity contribution in [3.05, 3.63) is 58.6 Å². The number of ketones is 1. The van der Waals surface area contributed by atoms with Crippen LogP contribution in [0.3, 0.4) is 0 Å². The predicted molar refractivity (Wildman–Crippen MR) is 66.7 cm³/mol. The van der Waals surface area contributed by atoms with E-state index >= 15 is 0 Å². The van der Waals surface area contributed by atoms with Crippen LogP contribution in [0.15, 0.2) is 36.8 Å². The molecule has 1 aromatic carbocycles. The molecular weight excluding hydrogens is 297 g/mol. The van der Waals surface area contributed by atoms with Gasteiger partial charge in [-0.1, -0.05) is 11.6 Å². The van der Waals surface area contributed by atoms with E-state index in [1.54, 1.807) is 0 Å². The lowest BCUT2D eigenvalue weighted by Gasteiger charge is -2.11. The van der Waals surface area contributed by atoms with E-state index in [9.17, 15) is 13.6 Å². The van der Waals surface area contributed by atoms with E-state index in [-0.39, 0.29) is 11.1 Å². The van der Waals surface area contributed by atoms with Crippen molar-refractivity contribution < 1.29 is 13.6 Å². The Morgan fingerprint density at radius 3 is 2.42 bits per heavy atom. The Hall–Kier alpha value is -1.59. The molecule has 98 valence electrons. The van der Waals surface area contributed by atoms with Crippen molar-refractivity contribution >= 4 is 29.0 Å². The van der Waals surface area contributed by atoms with E-state index in [1.165, 1.54) is 24.3 Å². The van der Waals surface area contributed by atoms with Gasteiger partial charge in [-0.3, -0.25) is 4.79 Å². The largest absolute Gasteiger partial charge is 0.365 e. The number of carbonyl (C=O) groups is 1. The minimum atomic E-state index is -3.74. The number of benzene rings is 1. The molecule has 0 N–H and O–H groups in total. The van der Waals surface area contributed by atoms with Gasteiger partial charge >= 0.3 is 5.38 Å². The van der Waals surface area contributed by atoms with E-state index in [4.69, 9.17) is 23.2 Å². The van der Waals surface area contributed by atoms with E-state index in [0.717, 1.165) is 12.5 Å². The molecule has 0 atom stereocenters.